The molecule has 2 rings (SSSR count). The van der Waals surface area contributed by atoms with Crippen LogP contribution >= 0.6 is 0 Å². The Labute approximate surface area is 195 Å². The number of nitrogens with zero attached hydrogens (tertiary/aromatic N) is 2. The monoisotopic (exact) mass is 464 g/mol. The highest BCUT2D eigenvalue weighted by molar-refractivity contribution is 5.77. The van der Waals surface area contributed by atoms with Gasteiger partial charge in [0.15, 0.2) is 6.23 Å². The predicted molar refractivity (Wildman–Crippen MR) is 123 cm³/mol. The van der Waals surface area contributed by atoms with E-state index < -0.39 is 23.2 Å². The molecule has 2 unspecified atom stereocenters. The molecule has 1 saturated carbocycles. The number of hydrogen-bond acceptors (Lipinski definition) is 7. The fourth-order valence-corrected chi connectivity index (χ4v) is 4.42. The van der Waals surface area contributed by atoms with Crippen molar-refractivity contribution >= 4 is 17.6 Å². The van der Waals surface area contributed by atoms with Crippen LogP contribution in [0.3, 0.4) is 0 Å². The normalized spacial score (nSPS) is 16.0. The lowest BCUT2D eigenvalue weighted by atomic mass is 9.93. The molecule has 0 saturated heterocycles. The van der Waals surface area contributed by atoms with Gasteiger partial charge in [0.1, 0.15) is 5.75 Å². The third kappa shape index (κ3) is 7.70. The first-order valence-electron chi connectivity index (χ1n) is 11.8. The Morgan fingerprint density at radius 2 is 1.97 bits per heavy atom. The van der Waals surface area contributed by atoms with Gasteiger partial charge < -0.3 is 19.5 Å². The molecule has 1 N–H and O–H groups in total. The van der Waals surface area contributed by atoms with E-state index in [0.29, 0.717) is 12.8 Å². The van der Waals surface area contributed by atoms with Gasteiger partial charge in [0, 0.05) is 31.9 Å². The highest BCUT2D eigenvalue weighted by Gasteiger charge is 2.32. The fourth-order valence-electron chi connectivity index (χ4n) is 4.42. The fraction of sp³-hybridized carbons (Fsp3) is 0.667. The van der Waals surface area contributed by atoms with E-state index in [9.17, 15) is 24.8 Å². The summed E-state index contributed by atoms with van der Waals surface area (Å²) < 4.78 is 11.2. The number of nitro groups is 1. The van der Waals surface area contributed by atoms with Gasteiger partial charge in [0.2, 0.25) is 5.91 Å². The molecule has 9 nitrogen and oxygen atoms in total. The molecule has 1 aromatic carbocycles. The summed E-state index contributed by atoms with van der Waals surface area (Å²) in [6.45, 7) is 4.96. The van der Waals surface area contributed by atoms with E-state index in [1.54, 1.807) is 11.0 Å². The van der Waals surface area contributed by atoms with Crippen molar-refractivity contribution in [2.24, 2.45) is 0 Å². The van der Waals surface area contributed by atoms with Gasteiger partial charge in [-0.05, 0) is 32.3 Å². The summed E-state index contributed by atoms with van der Waals surface area (Å²) in [6.07, 6.45) is 5.37. The van der Waals surface area contributed by atoms with Gasteiger partial charge in [-0.3, -0.25) is 19.7 Å². The highest BCUT2D eigenvalue weighted by atomic mass is 16.6. The molecular formula is C24H36N2O7. The number of carbonyl (C=O) groups is 2. The summed E-state index contributed by atoms with van der Waals surface area (Å²) in [6, 6.07) is 4.46. The van der Waals surface area contributed by atoms with Crippen molar-refractivity contribution in [2.75, 3.05) is 6.61 Å². The predicted octanol–water partition coefficient (Wildman–Crippen LogP) is 4.66. The summed E-state index contributed by atoms with van der Waals surface area (Å²) in [5.74, 6) is -0.249. The maximum absolute atomic E-state index is 13.2. The van der Waals surface area contributed by atoms with E-state index in [-0.39, 0.29) is 42.0 Å². The molecule has 0 aliphatic heterocycles. The van der Waals surface area contributed by atoms with Crippen LogP contribution in [0.5, 0.6) is 5.75 Å². The molecule has 1 aromatic rings. The van der Waals surface area contributed by atoms with Crippen molar-refractivity contribution in [1.82, 2.24) is 4.90 Å². The maximum atomic E-state index is 13.2. The average molecular weight is 465 g/mol. The summed E-state index contributed by atoms with van der Waals surface area (Å²) in [4.78, 5) is 37.4. The second-order valence-electron chi connectivity index (χ2n) is 8.52. The summed E-state index contributed by atoms with van der Waals surface area (Å²) in [5, 5.41) is 21.3. The zero-order valence-electron chi connectivity index (χ0n) is 19.8. The first-order chi connectivity index (χ1) is 15.8. The van der Waals surface area contributed by atoms with Gasteiger partial charge in [-0.1, -0.05) is 38.7 Å². The van der Waals surface area contributed by atoms with Crippen molar-refractivity contribution in [2.45, 2.75) is 96.9 Å². The SMILES string of the molecule is CCCC(OC(C)=O)N(C(=O)CCCOc1cccc([N+](=O)[O-])c1C(C)O)C1CCCCC1. The van der Waals surface area contributed by atoms with Crippen LogP contribution in [0.4, 0.5) is 5.69 Å². The van der Waals surface area contributed by atoms with Crippen LogP contribution in [0.15, 0.2) is 18.2 Å². The first kappa shape index (κ1) is 26.6. The molecule has 1 aliphatic carbocycles. The van der Waals surface area contributed by atoms with E-state index in [2.05, 4.69) is 0 Å². The van der Waals surface area contributed by atoms with Crippen LogP contribution in [0.1, 0.15) is 90.2 Å². The molecule has 0 spiro atoms. The molecule has 0 radical (unpaired) electrons. The number of esters is 1. The van der Waals surface area contributed by atoms with Crippen molar-refractivity contribution in [1.29, 1.82) is 0 Å². The minimum Gasteiger partial charge on any atom is -0.493 e. The zero-order chi connectivity index (χ0) is 24.4. The molecule has 184 valence electrons. The lowest BCUT2D eigenvalue weighted by Crippen LogP contribution is -2.49. The van der Waals surface area contributed by atoms with E-state index >= 15 is 0 Å². The molecule has 1 fully saturated rings. The van der Waals surface area contributed by atoms with Crippen molar-refractivity contribution in [3.05, 3.63) is 33.9 Å². The number of aliphatic hydroxyl groups is 1. The Morgan fingerprint density at radius 1 is 1.27 bits per heavy atom. The molecule has 9 heteroatoms. The van der Waals surface area contributed by atoms with Gasteiger partial charge >= 0.3 is 5.97 Å². The molecule has 2 atom stereocenters. The third-order valence-electron chi connectivity index (χ3n) is 5.85. The zero-order valence-corrected chi connectivity index (χ0v) is 19.8. The topological polar surface area (TPSA) is 119 Å². The van der Waals surface area contributed by atoms with Gasteiger partial charge in [-0.25, -0.2) is 0 Å². The van der Waals surface area contributed by atoms with Crippen molar-refractivity contribution in [3.8, 4) is 5.75 Å². The third-order valence-corrected chi connectivity index (χ3v) is 5.85. The quantitative estimate of drug-likeness (QED) is 0.157. The van der Waals surface area contributed by atoms with E-state index in [1.807, 2.05) is 6.92 Å². The van der Waals surface area contributed by atoms with Gasteiger partial charge in [0.05, 0.1) is 23.2 Å². The lowest BCUT2D eigenvalue weighted by Gasteiger charge is -2.39. The van der Waals surface area contributed by atoms with Crippen LogP contribution in [-0.4, -0.2) is 45.7 Å². The van der Waals surface area contributed by atoms with Crippen molar-refractivity contribution < 1.29 is 29.1 Å². The largest absolute Gasteiger partial charge is 0.493 e. The average Bonchev–Trinajstić information content (AvgIpc) is 2.77. The van der Waals surface area contributed by atoms with Gasteiger partial charge in [-0.2, -0.15) is 0 Å². The Hall–Kier alpha value is -2.68. The Bertz CT molecular complexity index is 806. The standard InChI is InChI=1S/C24H36N2O7/c1-4-10-23(33-18(3)28)25(19-11-6-5-7-12-19)22(29)15-9-16-32-21-14-8-13-20(26(30)31)24(21)17(2)27/h8,13-14,17,19,23,27H,4-7,9-12,15-16H2,1-3H3. The molecule has 33 heavy (non-hydrogen) atoms. The number of aliphatic hydroxyl groups excluding tert-OH is 1. The minimum atomic E-state index is -1.07. The van der Waals surface area contributed by atoms with E-state index in [1.165, 1.54) is 26.0 Å². The number of amides is 1. The molecular weight excluding hydrogens is 428 g/mol. The molecule has 0 bridgehead atoms. The molecule has 1 aliphatic rings. The number of rotatable bonds is 12. The second kappa shape index (κ2) is 13.1. The van der Waals surface area contributed by atoms with E-state index in [4.69, 9.17) is 9.47 Å². The van der Waals surface area contributed by atoms with Crippen LogP contribution < -0.4 is 4.74 Å². The number of benzene rings is 1. The van der Waals surface area contributed by atoms with Crippen LogP contribution in [0, 0.1) is 10.1 Å². The smallest absolute Gasteiger partial charge is 0.304 e. The highest BCUT2D eigenvalue weighted by Crippen LogP contribution is 2.34. The Balaban J connectivity index is 2.06. The second-order valence-corrected chi connectivity index (χ2v) is 8.52. The summed E-state index contributed by atoms with van der Waals surface area (Å²) in [7, 11) is 0. The lowest BCUT2D eigenvalue weighted by molar-refractivity contribution is -0.386. The van der Waals surface area contributed by atoms with Crippen LogP contribution in [0.2, 0.25) is 0 Å². The first-order valence-corrected chi connectivity index (χ1v) is 11.8. The number of hydrogen-bond donors (Lipinski definition) is 1. The summed E-state index contributed by atoms with van der Waals surface area (Å²) >= 11 is 0. The van der Waals surface area contributed by atoms with E-state index in [0.717, 1.165) is 38.5 Å². The molecule has 0 aromatic heterocycles. The van der Waals surface area contributed by atoms with Gasteiger partial charge in [-0.15, -0.1) is 0 Å². The van der Waals surface area contributed by atoms with Crippen LogP contribution in [-0.2, 0) is 14.3 Å². The summed E-state index contributed by atoms with van der Waals surface area (Å²) in [5.41, 5.74) is -0.0821. The minimum absolute atomic E-state index is 0.0571. The van der Waals surface area contributed by atoms with Crippen LogP contribution in [0.25, 0.3) is 0 Å². The van der Waals surface area contributed by atoms with Gasteiger partial charge in [0.25, 0.3) is 5.69 Å². The Kier molecular flexibility index (Phi) is 10.6. The number of ether oxygens (including phenoxy) is 2. The number of carbonyl (C=O) groups excluding carboxylic acids is 2. The molecule has 0 heterocycles. The number of nitro benzene ring substituents is 1. The maximum Gasteiger partial charge on any atom is 0.304 e. The molecule has 1 amide bonds. The Morgan fingerprint density at radius 3 is 2.55 bits per heavy atom. The van der Waals surface area contributed by atoms with Crippen molar-refractivity contribution in [3.63, 3.8) is 0 Å².